The van der Waals surface area contributed by atoms with Crippen molar-refractivity contribution in [2.75, 3.05) is 0 Å². The van der Waals surface area contributed by atoms with E-state index in [0.717, 1.165) is 25.7 Å². The molecule has 1 heterocycles. The van der Waals surface area contributed by atoms with Crippen LogP contribution in [0.4, 0.5) is 0 Å². The first-order valence-corrected chi connectivity index (χ1v) is 6.01. The standard InChI is InChI=1S/C13H16N2O/c16-13-9-5-1-2-6-10(9)14-11-7-3-4-8-12(11)15-13/h1-4,9-10,12H,5-8H2,(H,15,16). The van der Waals surface area contributed by atoms with E-state index in [9.17, 15) is 4.79 Å². The molecule has 0 saturated carbocycles. The van der Waals surface area contributed by atoms with Crippen molar-refractivity contribution in [1.29, 1.82) is 0 Å². The van der Waals surface area contributed by atoms with E-state index in [0.29, 0.717) is 0 Å². The fraction of sp³-hybridized carbons (Fsp3) is 0.538. The van der Waals surface area contributed by atoms with E-state index in [4.69, 9.17) is 4.99 Å². The van der Waals surface area contributed by atoms with Gasteiger partial charge in [0, 0.05) is 12.1 Å². The minimum Gasteiger partial charge on any atom is -0.347 e. The van der Waals surface area contributed by atoms with Crippen LogP contribution >= 0.6 is 0 Å². The molecule has 3 rings (SSSR count). The number of carbonyl (C=O) groups is 1. The molecule has 0 spiro atoms. The maximum atomic E-state index is 12.1. The van der Waals surface area contributed by atoms with Crippen LogP contribution in [-0.4, -0.2) is 23.7 Å². The first-order valence-electron chi connectivity index (χ1n) is 6.01. The van der Waals surface area contributed by atoms with E-state index in [-0.39, 0.29) is 23.9 Å². The molecule has 16 heavy (non-hydrogen) atoms. The molecule has 1 aliphatic heterocycles. The zero-order valence-electron chi connectivity index (χ0n) is 9.23. The van der Waals surface area contributed by atoms with Crippen LogP contribution in [-0.2, 0) is 4.79 Å². The summed E-state index contributed by atoms with van der Waals surface area (Å²) in [5, 5.41) is 3.13. The van der Waals surface area contributed by atoms with Crippen LogP contribution in [0.1, 0.15) is 25.7 Å². The van der Waals surface area contributed by atoms with Gasteiger partial charge in [0.05, 0.1) is 18.0 Å². The lowest BCUT2D eigenvalue weighted by Crippen LogP contribution is -2.43. The molecule has 3 unspecified atom stereocenters. The SMILES string of the molecule is O=C1NC2CC=CCC2=NC2CC=CCC12. The number of amides is 1. The fourth-order valence-corrected chi connectivity index (χ4v) is 2.72. The van der Waals surface area contributed by atoms with E-state index in [2.05, 4.69) is 29.6 Å². The Morgan fingerprint density at radius 3 is 2.88 bits per heavy atom. The summed E-state index contributed by atoms with van der Waals surface area (Å²) in [4.78, 5) is 16.9. The summed E-state index contributed by atoms with van der Waals surface area (Å²) in [6.45, 7) is 0. The lowest BCUT2D eigenvalue weighted by atomic mass is 9.89. The van der Waals surface area contributed by atoms with Gasteiger partial charge in [-0.15, -0.1) is 0 Å². The highest BCUT2D eigenvalue weighted by Gasteiger charge is 2.34. The third-order valence-corrected chi connectivity index (χ3v) is 3.65. The Kier molecular flexibility index (Phi) is 2.39. The maximum Gasteiger partial charge on any atom is 0.226 e. The third kappa shape index (κ3) is 1.60. The average molecular weight is 216 g/mol. The van der Waals surface area contributed by atoms with Crippen LogP contribution in [0.25, 0.3) is 0 Å². The van der Waals surface area contributed by atoms with Gasteiger partial charge in [-0.05, 0) is 19.3 Å². The van der Waals surface area contributed by atoms with Crippen LogP contribution < -0.4 is 5.32 Å². The first-order chi connectivity index (χ1) is 7.84. The molecule has 0 aromatic heterocycles. The molecule has 0 bridgehead atoms. The molecular formula is C13H16N2O. The summed E-state index contributed by atoms with van der Waals surface area (Å²) in [7, 11) is 0. The molecule has 84 valence electrons. The molecule has 3 heteroatoms. The van der Waals surface area contributed by atoms with E-state index < -0.39 is 0 Å². The van der Waals surface area contributed by atoms with Gasteiger partial charge in [-0.3, -0.25) is 9.79 Å². The van der Waals surface area contributed by atoms with Crippen LogP contribution in [0.15, 0.2) is 29.3 Å². The molecular weight excluding hydrogens is 200 g/mol. The largest absolute Gasteiger partial charge is 0.347 e. The number of aliphatic imine (C=N–C) groups is 1. The molecule has 0 aromatic rings. The molecule has 3 nitrogen and oxygen atoms in total. The summed E-state index contributed by atoms with van der Waals surface area (Å²) in [6, 6.07) is 0.333. The number of hydrogen-bond acceptors (Lipinski definition) is 2. The van der Waals surface area contributed by atoms with Crippen LogP contribution in [0.5, 0.6) is 0 Å². The van der Waals surface area contributed by atoms with Crippen molar-refractivity contribution in [3.8, 4) is 0 Å². The van der Waals surface area contributed by atoms with Gasteiger partial charge < -0.3 is 5.32 Å². The Morgan fingerprint density at radius 1 is 1.12 bits per heavy atom. The molecule has 0 fully saturated rings. The number of fused-ring (bicyclic) bond motifs is 2. The smallest absolute Gasteiger partial charge is 0.226 e. The van der Waals surface area contributed by atoms with Gasteiger partial charge in [0.15, 0.2) is 0 Å². The monoisotopic (exact) mass is 216 g/mol. The number of nitrogens with one attached hydrogen (secondary N) is 1. The van der Waals surface area contributed by atoms with Crippen molar-refractivity contribution < 1.29 is 4.79 Å². The van der Waals surface area contributed by atoms with Crippen molar-refractivity contribution in [2.24, 2.45) is 10.9 Å². The van der Waals surface area contributed by atoms with E-state index in [1.807, 2.05) is 0 Å². The summed E-state index contributed by atoms with van der Waals surface area (Å²) in [5.41, 5.74) is 1.17. The minimum atomic E-state index is 0.0584. The van der Waals surface area contributed by atoms with Gasteiger partial charge in [0.25, 0.3) is 0 Å². The summed E-state index contributed by atoms with van der Waals surface area (Å²) in [5.74, 6) is 0.247. The van der Waals surface area contributed by atoms with Gasteiger partial charge in [-0.2, -0.15) is 0 Å². The lowest BCUT2D eigenvalue weighted by molar-refractivity contribution is -0.125. The zero-order chi connectivity index (χ0) is 11.0. The van der Waals surface area contributed by atoms with Crippen LogP contribution in [0.2, 0.25) is 0 Å². The first kappa shape index (κ1) is 9.82. The number of hydrogen-bond donors (Lipinski definition) is 1. The van der Waals surface area contributed by atoms with Crippen molar-refractivity contribution in [2.45, 2.75) is 37.8 Å². The topological polar surface area (TPSA) is 41.5 Å². The number of rotatable bonds is 0. The predicted molar refractivity (Wildman–Crippen MR) is 63.4 cm³/mol. The van der Waals surface area contributed by atoms with E-state index in [1.165, 1.54) is 5.71 Å². The highest BCUT2D eigenvalue weighted by atomic mass is 16.2. The van der Waals surface area contributed by atoms with Crippen molar-refractivity contribution >= 4 is 11.6 Å². The zero-order valence-corrected chi connectivity index (χ0v) is 9.23. The van der Waals surface area contributed by atoms with Gasteiger partial charge in [0.1, 0.15) is 0 Å². The molecule has 3 aliphatic rings. The Hall–Kier alpha value is -1.38. The number of allylic oxidation sites excluding steroid dienone is 2. The molecule has 0 radical (unpaired) electrons. The summed E-state index contributed by atoms with van der Waals surface area (Å²) >= 11 is 0. The highest BCUT2D eigenvalue weighted by molar-refractivity contribution is 5.97. The number of nitrogens with zero attached hydrogens (tertiary/aromatic N) is 1. The quantitative estimate of drug-likeness (QED) is 0.614. The highest BCUT2D eigenvalue weighted by Crippen LogP contribution is 2.26. The molecule has 0 saturated heterocycles. The number of carbonyl (C=O) groups excluding carboxylic acids is 1. The normalized spacial score (nSPS) is 36.9. The third-order valence-electron chi connectivity index (χ3n) is 3.65. The maximum absolute atomic E-state index is 12.1. The predicted octanol–water partition coefficient (Wildman–Crippen LogP) is 1.61. The summed E-state index contributed by atoms with van der Waals surface area (Å²) in [6.07, 6.45) is 12.1. The molecule has 1 amide bonds. The Bertz CT molecular complexity index is 395. The second-order valence-corrected chi connectivity index (χ2v) is 4.71. The Labute approximate surface area is 95.3 Å². The Balaban J connectivity index is 1.93. The van der Waals surface area contributed by atoms with E-state index in [1.54, 1.807) is 0 Å². The minimum absolute atomic E-state index is 0.0584. The fourth-order valence-electron chi connectivity index (χ4n) is 2.72. The molecule has 1 N–H and O–H groups in total. The molecule has 2 aliphatic carbocycles. The van der Waals surface area contributed by atoms with Crippen molar-refractivity contribution in [3.63, 3.8) is 0 Å². The van der Waals surface area contributed by atoms with Crippen molar-refractivity contribution in [3.05, 3.63) is 24.3 Å². The Morgan fingerprint density at radius 2 is 1.94 bits per heavy atom. The lowest BCUT2D eigenvalue weighted by Gasteiger charge is -2.22. The second kappa shape index (κ2) is 3.89. The summed E-state index contributed by atoms with van der Waals surface area (Å²) < 4.78 is 0. The second-order valence-electron chi connectivity index (χ2n) is 4.71. The van der Waals surface area contributed by atoms with Crippen LogP contribution in [0, 0.1) is 5.92 Å². The van der Waals surface area contributed by atoms with Gasteiger partial charge >= 0.3 is 0 Å². The van der Waals surface area contributed by atoms with Crippen LogP contribution in [0.3, 0.4) is 0 Å². The van der Waals surface area contributed by atoms with Gasteiger partial charge in [-0.25, -0.2) is 0 Å². The van der Waals surface area contributed by atoms with Gasteiger partial charge in [-0.1, -0.05) is 24.3 Å². The van der Waals surface area contributed by atoms with Crippen molar-refractivity contribution in [1.82, 2.24) is 5.32 Å². The molecule has 0 aromatic carbocycles. The van der Waals surface area contributed by atoms with Gasteiger partial charge in [0.2, 0.25) is 5.91 Å². The van der Waals surface area contributed by atoms with E-state index >= 15 is 0 Å². The average Bonchev–Trinajstić information content (AvgIpc) is 2.45. The molecule has 3 atom stereocenters.